The Kier molecular flexibility index (Phi) is 1.76. The molecule has 2 N–H and O–H groups in total. The summed E-state index contributed by atoms with van der Waals surface area (Å²) in [5, 5.41) is 0. The van der Waals surface area contributed by atoms with Gasteiger partial charge in [0.15, 0.2) is 0 Å². The third-order valence-electron chi connectivity index (χ3n) is 3.09. The fourth-order valence-electron chi connectivity index (χ4n) is 2.64. The monoisotopic (exact) mass is 151 g/mol. The van der Waals surface area contributed by atoms with Crippen LogP contribution in [0.5, 0.6) is 0 Å². The highest BCUT2D eigenvalue weighted by molar-refractivity contribution is 5.10. The molecule has 62 valence electrons. The first-order valence-corrected chi connectivity index (χ1v) is 4.69. The second-order valence-corrected chi connectivity index (χ2v) is 4.25. The number of allylic oxidation sites excluding steroid dienone is 2. The highest BCUT2D eigenvalue weighted by atomic mass is 14.6. The first kappa shape index (κ1) is 7.35. The minimum atomic E-state index is 0.396. The molecule has 0 aliphatic heterocycles. The fraction of sp³-hybridized carbons (Fsp3) is 0.800. The van der Waals surface area contributed by atoms with Crippen LogP contribution < -0.4 is 5.73 Å². The number of nitrogens with two attached hydrogens (primary N) is 1. The topological polar surface area (TPSA) is 26.0 Å². The first-order chi connectivity index (χ1) is 5.25. The summed E-state index contributed by atoms with van der Waals surface area (Å²) in [5.41, 5.74) is 5.78. The molecular formula is C10H17N. The zero-order valence-electron chi connectivity index (χ0n) is 7.16. The molecule has 0 aromatic heterocycles. The van der Waals surface area contributed by atoms with Gasteiger partial charge in [0.1, 0.15) is 0 Å². The van der Waals surface area contributed by atoms with E-state index in [1.807, 2.05) is 0 Å². The van der Waals surface area contributed by atoms with Crippen LogP contribution >= 0.6 is 0 Å². The smallest absolute Gasteiger partial charge is 0.00133 e. The van der Waals surface area contributed by atoms with Gasteiger partial charge in [0.05, 0.1) is 0 Å². The number of fused-ring (bicyclic) bond motifs is 2. The lowest BCUT2D eigenvalue weighted by atomic mass is 9.88. The van der Waals surface area contributed by atoms with Crippen molar-refractivity contribution in [2.24, 2.45) is 23.5 Å². The van der Waals surface area contributed by atoms with Crippen molar-refractivity contribution in [3.05, 3.63) is 12.2 Å². The predicted molar refractivity (Wildman–Crippen MR) is 47.1 cm³/mol. The molecule has 0 aromatic rings. The summed E-state index contributed by atoms with van der Waals surface area (Å²) < 4.78 is 0. The Morgan fingerprint density at radius 3 is 2.73 bits per heavy atom. The zero-order chi connectivity index (χ0) is 7.84. The van der Waals surface area contributed by atoms with Crippen LogP contribution in [0.1, 0.15) is 26.2 Å². The molecule has 3 unspecified atom stereocenters. The van der Waals surface area contributed by atoms with Crippen LogP contribution in [-0.2, 0) is 0 Å². The summed E-state index contributed by atoms with van der Waals surface area (Å²) in [4.78, 5) is 0. The highest BCUT2D eigenvalue weighted by Crippen LogP contribution is 2.45. The van der Waals surface area contributed by atoms with Crippen LogP contribution in [0.15, 0.2) is 12.2 Å². The molecule has 0 aromatic carbocycles. The summed E-state index contributed by atoms with van der Waals surface area (Å²) >= 11 is 0. The molecule has 1 heteroatoms. The summed E-state index contributed by atoms with van der Waals surface area (Å²) in [6, 6.07) is 0.396. The zero-order valence-corrected chi connectivity index (χ0v) is 7.16. The Morgan fingerprint density at radius 1 is 1.45 bits per heavy atom. The summed E-state index contributed by atoms with van der Waals surface area (Å²) in [6.45, 7) is 2.12. The SMILES string of the molecule is C[C@H](N)CC1CC2C=CC1C2. The van der Waals surface area contributed by atoms with Crippen LogP contribution in [0, 0.1) is 17.8 Å². The molecule has 0 saturated heterocycles. The van der Waals surface area contributed by atoms with Gasteiger partial charge in [-0.05, 0) is 43.9 Å². The Hall–Kier alpha value is -0.300. The third-order valence-corrected chi connectivity index (χ3v) is 3.09. The van der Waals surface area contributed by atoms with Crippen LogP contribution in [0.25, 0.3) is 0 Å². The normalized spacial score (nSPS) is 43.3. The third kappa shape index (κ3) is 1.34. The quantitative estimate of drug-likeness (QED) is 0.600. The molecule has 0 amide bonds. The second kappa shape index (κ2) is 2.63. The summed E-state index contributed by atoms with van der Waals surface area (Å²) in [7, 11) is 0. The lowest BCUT2D eigenvalue weighted by molar-refractivity contribution is 0.387. The van der Waals surface area contributed by atoms with E-state index in [1.54, 1.807) is 0 Å². The van der Waals surface area contributed by atoms with Crippen molar-refractivity contribution in [2.45, 2.75) is 32.2 Å². The lowest BCUT2D eigenvalue weighted by Crippen LogP contribution is -2.21. The maximum atomic E-state index is 5.78. The minimum absolute atomic E-state index is 0.396. The van der Waals surface area contributed by atoms with E-state index in [0.717, 1.165) is 17.8 Å². The van der Waals surface area contributed by atoms with Crippen molar-refractivity contribution in [1.82, 2.24) is 0 Å². The average Bonchev–Trinajstić information content (AvgIpc) is 2.45. The molecule has 4 atom stereocenters. The molecule has 1 fully saturated rings. The average molecular weight is 151 g/mol. The minimum Gasteiger partial charge on any atom is -0.328 e. The van der Waals surface area contributed by atoms with E-state index in [1.165, 1.54) is 19.3 Å². The second-order valence-electron chi connectivity index (χ2n) is 4.25. The van der Waals surface area contributed by atoms with Gasteiger partial charge in [-0.25, -0.2) is 0 Å². The van der Waals surface area contributed by atoms with E-state index in [0.29, 0.717) is 6.04 Å². The molecule has 1 nitrogen and oxygen atoms in total. The molecule has 11 heavy (non-hydrogen) atoms. The van der Waals surface area contributed by atoms with Gasteiger partial charge < -0.3 is 5.73 Å². The predicted octanol–water partition coefficient (Wildman–Crippen LogP) is 1.94. The van der Waals surface area contributed by atoms with E-state index in [-0.39, 0.29) is 0 Å². The van der Waals surface area contributed by atoms with Gasteiger partial charge in [-0.15, -0.1) is 0 Å². The van der Waals surface area contributed by atoms with Gasteiger partial charge in [-0.1, -0.05) is 12.2 Å². The van der Waals surface area contributed by atoms with Gasteiger partial charge in [-0.3, -0.25) is 0 Å². The van der Waals surface area contributed by atoms with Crippen molar-refractivity contribution in [1.29, 1.82) is 0 Å². The van der Waals surface area contributed by atoms with Crippen LogP contribution in [0.2, 0.25) is 0 Å². The molecule has 2 rings (SSSR count). The number of hydrogen-bond donors (Lipinski definition) is 1. The van der Waals surface area contributed by atoms with Gasteiger partial charge in [0.25, 0.3) is 0 Å². The Balaban J connectivity index is 1.93. The van der Waals surface area contributed by atoms with E-state index in [9.17, 15) is 0 Å². The summed E-state index contributed by atoms with van der Waals surface area (Å²) in [5.74, 6) is 2.69. The molecule has 1 saturated carbocycles. The lowest BCUT2D eigenvalue weighted by Gasteiger charge is -2.19. The van der Waals surface area contributed by atoms with Crippen molar-refractivity contribution in [2.75, 3.05) is 0 Å². The van der Waals surface area contributed by atoms with Gasteiger partial charge in [0.2, 0.25) is 0 Å². The van der Waals surface area contributed by atoms with Crippen molar-refractivity contribution < 1.29 is 0 Å². The Labute approximate surface area is 68.7 Å². The molecule has 2 aliphatic rings. The molecule has 0 spiro atoms. The fourth-order valence-corrected chi connectivity index (χ4v) is 2.64. The van der Waals surface area contributed by atoms with Crippen LogP contribution in [-0.4, -0.2) is 6.04 Å². The van der Waals surface area contributed by atoms with Crippen molar-refractivity contribution >= 4 is 0 Å². The van der Waals surface area contributed by atoms with E-state index >= 15 is 0 Å². The van der Waals surface area contributed by atoms with Crippen molar-refractivity contribution in [3.8, 4) is 0 Å². The molecule has 0 radical (unpaired) electrons. The first-order valence-electron chi connectivity index (χ1n) is 4.69. The number of rotatable bonds is 2. The van der Waals surface area contributed by atoms with Crippen LogP contribution in [0.3, 0.4) is 0 Å². The molecular weight excluding hydrogens is 134 g/mol. The van der Waals surface area contributed by atoms with Crippen molar-refractivity contribution in [3.63, 3.8) is 0 Å². The maximum Gasteiger partial charge on any atom is 0.00133 e. The van der Waals surface area contributed by atoms with Gasteiger partial charge in [0, 0.05) is 6.04 Å². The molecule has 2 bridgehead atoms. The molecule has 2 aliphatic carbocycles. The standard InChI is InChI=1S/C10H17N/c1-7(11)4-10-6-8-2-3-9(10)5-8/h2-3,7-10H,4-6,11H2,1H3/t7-,8?,9?,10?/m0/s1. The van der Waals surface area contributed by atoms with Crippen LogP contribution in [0.4, 0.5) is 0 Å². The van der Waals surface area contributed by atoms with Gasteiger partial charge >= 0.3 is 0 Å². The van der Waals surface area contributed by atoms with E-state index in [2.05, 4.69) is 19.1 Å². The maximum absolute atomic E-state index is 5.78. The largest absolute Gasteiger partial charge is 0.328 e. The molecule has 0 heterocycles. The van der Waals surface area contributed by atoms with E-state index in [4.69, 9.17) is 5.73 Å². The Morgan fingerprint density at radius 2 is 2.27 bits per heavy atom. The van der Waals surface area contributed by atoms with Gasteiger partial charge in [-0.2, -0.15) is 0 Å². The highest BCUT2D eigenvalue weighted by Gasteiger charge is 2.35. The number of hydrogen-bond acceptors (Lipinski definition) is 1. The van der Waals surface area contributed by atoms with E-state index < -0.39 is 0 Å². The Bertz CT molecular complexity index is 172. The summed E-state index contributed by atoms with van der Waals surface area (Å²) in [6.07, 6.45) is 8.84.